The van der Waals surface area contributed by atoms with Gasteiger partial charge in [0.05, 0.1) is 5.56 Å². The van der Waals surface area contributed by atoms with Crippen LogP contribution in [0.15, 0.2) is 24.3 Å². The van der Waals surface area contributed by atoms with E-state index in [0.29, 0.717) is 13.0 Å². The zero-order chi connectivity index (χ0) is 11.5. The van der Waals surface area contributed by atoms with Gasteiger partial charge in [-0.3, -0.25) is 0 Å². The van der Waals surface area contributed by atoms with Crippen LogP contribution in [0, 0.1) is 0 Å². The fourth-order valence-electron chi connectivity index (χ4n) is 1.64. The molecule has 0 aromatic heterocycles. The van der Waals surface area contributed by atoms with E-state index in [0.717, 1.165) is 5.56 Å². The molecule has 5 nitrogen and oxygen atoms in total. The highest BCUT2D eigenvalue weighted by Gasteiger charge is 2.21. The normalized spacial score (nSPS) is 19.8. The van der Waals surface area contributed by atoms with Crippen LogP contribution in [0.5, 0.6) is 0 Å². The monoisotopic (exact) mass is 221 g/mol. The third-order valence-corrected chi connectivity index (χ3v) is 2.43. The van der Waals surface area contributed by atoms with Crippen molar-refractivity contribution < 1.29 is 19.4 Å². The molecule has 1 saturated heterocycles. The van der Waals surface area contributed by atoms with Crippen LogP contribution in [0.4, 0.5) is 4.79 Å². The van der Waals surface area contributed by atoms with Gasteiger partial charge in [-0.15, -0.1) is 0 Å². The number of ether oxygens (including phenoxy) is 1. The molecule has 1 unspecified atom stereocenters. The molecule has 16 heavy (non-hydrogen) atoms. The van der Waals surface area contributed by atoms with Gasteiger partial charge in [-0.25, -0.2) is 9.59 Å². The van der Waals surface area contributed by atoms with Gasteiger partial charge in [0.25, 0.3) is 0 Å². The van der Waals surface area contributed by atoms with Crippen molar-refractivity contribution in [3.8, 4) is 0 Å². The number of nitrogens with one attached hydrogen (secondary N) is 1. The minimum Gasteiger partial charge on any atom is -0.478 e. The van der Waals surface area contributed by atoms with Crippen molar-refractivity contribution >= 4 is 12.1 Å². The first kappa shape index (κ1) is 10.5. The first-order valence-corrected chi connectivity index (χ1v) is 4.94. The molecule has 0 saturated carbocycles. The van der Waals surface area contributed by atoms with Gasteiger partial charge in [-0.05, 0) is 17.7 Å². The number of aromatic carboxylic acids is 1. The molecule has 1 atom stereocenters. The van der Waals surface area contributed by atoms with Gasteiger partial charge < -0.3 is 15.2 Å². The second kappa shape index (κ2) is 4.22. The largest absolute Gasteiger partial charge is 0.478 e. The number of amides is 1. The summed E-state index contributed by atoms with van der Waals surface area (Å²) in [6.07, 6.45) is -0.167. The van der Waals surface area contributed by atoms with Crippen LogP contribution in [0.3, 0.4) is 0 Å². The Morgan fingerprint density at radius 1 is 1.50 bits per heavy atom. The van der Waals surface area contributed by atoms with Crippen molar-refractivity contribution in [2.24, 2.45) is 0 Å². The Balaban J connectivity index is 2.22. The fraction of sp³-hybridized carbons (Fsp3) is 0.273. The number of rotatable bonds is 2. The van der Waals surface area contributed by atoms with Gasteiger partial charge >= 0.3 is 12.1 Å². The van der Waals surface area contributed by atoms with Crippen molar-refractivity contribution in [2.45, 2.75) is 12.5 Å². The summed E-state index contributed by atoms with van der Waals surface area (Å²) in [7, 11) is 0. The Labute approximate surface area is 92.0 Å². The molecular weight excluding hydrogens is 210 g/mol. The predicted octanol–water partition coefficient (Wildman–Crippen LogP) is 1.56. The first-order chi connectivity index (χ1) is 7.66. The molecule has 0 bridgehead atoms. The third kappa shape index (κ3) is 2.13. The van der Waals surface area contributed by atoms with Crippen LogP contribution >= 0.6 is 0 Å². The van der Waals surface area contributed by atoms with Crippen molar-refractivity contribution in [2.75, 3.05) is 6.54 Å². The van der Waals surface area contributed by atoms with Crippen LogP contribution < -0.4 is 5.32 Å². The molecule has 1 heterocycles. The topological polar surface area (TPSA) is 75.6 Å². The minimum atomic E-state index is -0.984. The number of carbonyl (C=O) groups is 2. The molecule has 1 fully saturated rings. The zero-order valence-electron chi connectivity index (χ0n) is 8.47. The smallest absolute Gasteiger partial charge is 0.407 e. The van der Waals surface area contributed by atoms with Crippen LogP contribution in [-0.2, 0) is 4.74 Å². The van der Waals surface area contributed by atoms with Gasteiger partial charge in [0.15, 0.2) is 0 Å². The summed E-state index contributed by atoms with van der Waals surface area (Å²) < 4.78 is 5.06. The molecule has 5 heteroatoms. The Morgan fingerprint density at radius 2 is 2.31 bits per heavy atom. The number of benzene rings is 1. The average Bonchev–Trinajstić information content (AvgIpc) is 2.29. The minimum absolute atomic E-state index is 0.201. The molecule has 0 radical (unpaired) electrons. The molecule has 0 spiro atoms. The lowest BCUT2D eigenvalue weighted by molar-refractivity contribution is 0.0694. The van der Waals surface area contributed by atoms with Crippen LogP contribution in [0.2, 0.25) is 0 Å². The summed E-state index contributed by atoms with van der Waals surface area (Å²) in [5, 5.41) is 11.4. The maximum atomic E-state index is 11.0. The number of alkyl carbamates (subject to hydrolysis) is 1. The van der Waals surface area contributed by atoms with E-state index in [1.165, 1.54) is 12.1 Å². The molecule has 2 N–H and O–H groups in total. The second-order valence-corrected chi connectivity index (χ2v) is 3.54. The van der Waals surface area contributed by atoms with E-state index in [4.69, 9.17) is 9.84 Å². The molecule has 1 aliphatic heterocycles. The maximum Gasteiger partial charge on any atom is 0.407 e. The molecule has 1 aromatic carbocycles. The SMILES string of the molecule is O=C1NCCC(c2cccc(C(=O)O)c2)O1. The lowest BCUT2D eigenvalue weighted by Crippen LogP contribution is -2.33. The van der Waals surface area contributed by atoms with Crippen LogP contribution in [0.25, 0.3) is 0 Å². The summed E-state index contributed by atoms with van der Waals surface area (Å²) in [6.45, 7) is 0.542. The predicted molar refractivity (Wildman–Crippen MR) is 55.2 cm³/mol. The van der Waals surface area contributed by atoms with E-state index < -0.39 is 12.1 Å². The Morgan fingerprint density at radius 3 is 3.00 bits per heavy atom. The van der Waals surface area contributed by atoms with E-state index in [9.17, 15) is 9.59 Å². The number of carboxylic acid groups (broad SMARTS) is 1. The standard InChI is InChI=1S/C11H11NO4/c13-10(14)8-3-1-2-7(6-8)9-4-5-12-11(15)16-9/h1-3,6,9H,4-5H2,(H,12,15)(H,13,14). The molecule has 1 aliphatic rings. The van der Waals surface area contributed by atoms with Crippen molar-refractivity contribution in [1.29, 1.82) is 0 Å². The van der Waals surface area contributed by atoms with E-state index >= 15 is 0 Å². The van der Waals surface area contributed by atoms with Crippen molar-refractivity contribution in [1.82, 2.24) is 5.32 Å². The van der Waals surface area contributed by atoms with Gasteiger partial charge in [-0.2, -0.15) is 0 Å². The third-order valence-electron chi connectivity index (χ3n) is 2.43. The van der Waals surface area contributed by atoms with Crippen molar-refractivity contribution in [3.63, 3.8) is 0 Å². The van der Waals surface area contributed by atoms with Gasteiger partial charge in [0.2, 0.25) is 0 Å². The van der Waals surface area contributed by atoms with Gasteiger partial charge in [0.1, 0.15) is 6.10 Å². The van der Waals surface area contributed by atoms with Gasteiger partial charge in [0, 0.05) is 13.0 Å². The highest BCUT2D eigenvalue weighted by atomic mass is 16.6. The fourth-order valence-corrected chi connectivity index (χ4v) is 1.64. The second-order valence-electron chi connectivity index (χ2n) is 3.54. The number of carbonyl (C=O) groups excluding carboxylic acids is 1. The zero-order valence-corrected chi connectivity index (χ0v) is 8.47. The van der Waals surface area contributed by atoms with Crippen molar-refractivity contribution in [3.05, 3.63) is 35.4 Å². The average molecular weight is 221 g/mol. The Hall–Kier alpha value is -2.04. The number of carboxylic acids is 1. The van der Waals surface area contributed by atoms with E-state index in [2.05, 4.69) is 5.32 Å². The van der Waals surface area contributed by atoms with E-state index in [1.54, 1.807) is 12.1 Å². The number of cyclic esters (lactones) is 1. The van der Waals surface area contributed by atoms with Crippen LogP contribution in [0.1, 0.15) is 28.4 Å². The molecule has 2 rings (SSSR count). The molecule has 0 aliphatic carbocycles. The lowest BCUT2D eigenvalue weighted by atomic mass is 10.0. The summed E-state index contributed by atoms with van der Waals surface area (Å²) in [6, 6.07) is 6.45. The van der Waals surface area contributed by atoms with E-state index in [-0.39, 0.29) is 11.7 Å². The van der Waals surface area contributed by atoms with E-state index in [1.807, 2.05) is 0 Å². The highest BCUT2D eigenvalue weighted by molar-refractivity contribution is 5.87. The van der Waals surface area contributed by atoms with Gasteiger partial charge in [-0.1, -0.05) is 12.1 Å². The highest BCUT2D eigenvalue weighted by Crippen LogP contribution is 2.24. The number of hydrogen-bond acceptors (Lipinski definition) is 3. The molecule has 84 valence electrons. The molecular formula is C11H11NO4. The summed E-state index contributed by atoms with van der Waals surface area (Å²) >= 11 is 0. The first-order valence-electron chi connectivity index (χ1n) is 4.94. The summed E-state index contributed by atoms with van der Waals surface area (Å²) in [5.74, 6) is -0.984. The summed E-state index contributed by atoms with van der Waals surface area (Å²) in [5.41, 5.74) is 0.918. The summed E-state index contributed by atoms with van der Waals surface area (Å²) in [4.78, 5) is 21.8. The quantitative estimate of drug-likeness (QED) is 0.794. The molecule has 1 aromatic rings. The Bertz CT molecular complexity index is 430. The lowest BCUT2D eigenvalue weighted by Gasteiger charge is -2.23. The number of hydrogen-bond donors (Lipinski definition) is 2. The maximum absolute atomic E-state index is 11.0. The molecule has 1 amide bonds. The Kier molecular flexibility index (Phi) is 2.76. The van der Waals surface area contributed by atoms with Crippen LogP contribution in [-0.4, -0.2) is 23.7 Å².